The van der Waals surface area contributed by atoms with Crippen LogP contribution in [0.1, 0.15) is 18.9 Å². The normalized spacial score (nSPS) is 13.2. The highest BCUT2D eigenvalue weighted by molar-refractivity contribution is 7.99. The maximum absolute atomic E-state index is 12.0. The summed E-state index contributed by atoms with van der Waals surface area (Å²) in [6.07, 6.45) is -2.88. The Bertz CT molecular complexity index is 384. The van der Waals surface area contributed by atoms with Crippen molar-refractivity contribution in [3.05, 3.63) is 29.8 Å². The summed E-state index contributed by atoms with van der Waals surface area (Å²) in [4.78, 5) is 0. The lowest BCUT2D eigenvalue weighted by molar-refractivity contribution is -0.274. The van der Waals surface area contributed by atoms with E-state index in [2.05, 4.69) is 17.1 Å². The third-order valence-electron chi connectivity index (χ3n) is 2.54. The van der Waals surface area contributed by atoms with Gasteiger partial charge < -0.3 is 4.74 Å². The second-order valence-corrected chi connectivity index (χ2v) is 5.48. The van der Waals surface area contributed by atoms with Crippen molar-refractivity contribution in [3.63, 3.8) is 0 Å². The minimum absolute atomic E-state index is 0.0981. The van der Waals surface area contributed by atoms with Gasteiger partial charge in [0.15, 0.2) is 0 Å². The molecule has 0 saturated carbocycles. The van der Waals surface area contributed by atoms with Gasteiger partial charge in [0, 0.05) is 11.8 Å². The van der Waals surface area contributed by atoms with Crippen molar-refractivity contribution in [1.29, 1.82) is 0 Å². The number of thioether (sulfide) groups is 1. The summed E-state index contributed by atoms with van der Waals surface area (Å²) in [6, 6.07) is 5.97. The molecule has 1 aromatic rings. The first-order valence-electron chi connectivity index (χ1n) is 6.33. The van der Waals surface area contributed by atoms with Crippen LogP contribution in [0.3, 0.4) is 0 Å². The van der Waals surface area contributed by atoms with E-state index in [1.165, 1.54) is 12.1 Å². The minimum Gasteiger partial charge on any atom is -0.406 e. The predicted molar refractivity (Wildman–Crippen MR) is 75.6 cm³/mol. The fourth-order valence-corrected chi connectivity index (χ4v) is 2.60. The van der Waals surface area contributed by atoms with Gasteiger partial charge in [-0.1, -0.05) is 19.1 Å². The second kappa shape index (κ2) is 8.39. The van der Waals surface area contributed by atoms with E-state index in [1.807, 2.05) is 0 Å². The zero-order valence-electron chi connectivity index (χ0n) is 11.2. The van der Waals surface area contributed by atoms with Gasteiger partial charge in [-0.15, -0.1) is 13.2 Å². The highest BCUT2D eigenvalue weighted by Crippen LogP contribution is 2.23. The average Bonchev–Trinajstić information content (AvgIpc) is 2.38. The molecule has 0 saturated heterocycles. The van der Waals surface area contributed by atoms with Crippen LogP contribution >= 0.6 is 11.8 Å². The highest BCUT2D eigenvalue weighted by atomic mass is 32.2. The number of rotatable bonds is 8. The van der Waals surface area contributed by atoms with Crippen LogP contribution in [0.25, 0.3) is 0 Å². The van der Waals surface area contributed by atoms with E-state index in [-0.39, 0.29) is 11.8 Å². The van der Waals surface area contributed by atoms with Crippen molar-refractivity contribution in [2.24, 2.45) is 5.84 Å². The molecule has 1 rings (SSSR count). The maximum atomic E-state index is 12.0. The number of halogens is 3. The number of nitrogens with one attached hydrogen (secondary N) is 1. The Kier molecular flexibility index (Phi) is 7.18. The first kappa shape index (κ1) is 17.1. The molecule has 0 aromatic heterocycles. The zero-order valence-corrected chi connectivity index (χ0v) is 12.1. The number of nitrogens with two attached hydrogens (primary N) is 1. The van der Waals surface area contributed by atoms with Crippen molar-refractivity contribution in [3.8, 4) is 5.75 Å². The molecular formula is C13H19F3N2OS. The monoisotopic (exact) mass is 308 g/mol. The van der Waals surface area contributed by atoms with E-state index in [0.29, 0.717) is 6.42 Å². The second-order valence-electron chi connectivity index (χ2n) is 4.33. The van der Waals surface area contributed by atoms with E-state index in [9.17, 15) is 13.2 Å². The largest absolute Gasteiger partial charge is 0.573 e. The number of alkyl halides is 3. The van der Waals surface area contributed by atoms with Crippen molar-refractivity contribution < 1.29 is 17.9 Å². The zero-order chi connectivity index (χ0) is 15.0. The van der Waals surface area contributed by atoms with Crippen LogP contribution in [0.5, 0.6) is 5.75 Å². The fourth-order valence-electron chi connectivity index (χ4n) is 1.65. The Morgan fingerprint density at radius 1 is 1.30 bits per heavy atom. The Labute approximate surface area is 121 Å². The van der Waals surface area contributed by atoms with Crippen LogP contribution < -0.4 is 16.0 Å². The molecule has 3 N–H and O–H groups in total. The first-order valence-corrected chi connectivity index (χ1v) is 7.48. The highest BCUT2D eigenvalue weighted by Gasteiger charge is 2.30. The molecule has 114 valence electrons. The first-order chi connectivity index (χ1) is 9.44. The van der Waals surface area contributed by atoms with E-state index in [0.717, 1.165) is 23.5 Å². The lowest BCUT2D eigenvalue weighted by atomic mass is 10.1. The molecule has 0 aliphatic rings. The Morgan fingerprint density at radius 3 is 2.45 bits per heavy atom. The molecule has 1 atom stereocenters. The van der Waals surface area contributed by atoms with Gasteiger partial charge in [-0.25, -0.2) is 0 Å². The summed E-state index contributed by atoms with van der Waals surface area (Å²) in [5.41, 5.74) is 3.65. The molecule has 0 aliphatic carbocycles. The summed E-state index contributed by atoms with van der Waals surface area (Å²) in [5, 5.41) is 0. The summed E-state index contributed by atoms with van der Waals surface area (Å²) in [5.74, 6) is 7.20. The minimum atomic E-state index is -4.65. The third-order valence-corrected chi connectivity index (χ3v) is 3.88. The van der Waals surface area contributed by atoms with Crippen molar-refractivity contribution in [1.82, 2.24) is 5.43 Å². The molecule has 0 fully saturated rings. The molecule has 1 unspecified atom stereocenters. The molecule has 0 aliphatic heterocycles. The standard InChI is InChI=1S/C13H19F3N2OS/c1-2-7-20-9-11(18-17)8-10-3-5-12(6-4-10)19-13(14,15)16/h3-6,11,18H,2,7-9,17H2,1H3. The Balaban J connectivity index is 2.50. The molecule has 0 radical (unpaired) electrons. The summed E-state index contributed by atoms with van der Waals surface area (Å²) in [6.45, 7) is 2.11. The van der Waals surface area contributed by atoms with Crippen molar-refractivity contribution in [2.45, 2.75) is 32.2 Å². The molecule has 1 aromatic carbocycles. The molecule has 0 amide bonds. The lowest BCUT2D eigenvalue weighted by Gasteiger charge is -2.16. The maximum Gasteiger partial charge on any atom is 0.573 e. The predicted octanol–water partition coefficient (Wildman–Crippen LogP) is 3.10. The van der Waals surface area contributed by atoms with E-state index >= 15 is 0 Å². The number of ether oxygens (including phenoxy) is 1. The molecule has 0 spiro atoms. The van der Waals surface area contributed by atoms with Gasteiger partial charge in [0.2, 0.25) is 0 Å². The third kappa shape index (κ3) is 7.02. The topological polar surface area (TPSA) is 47.3 Å². The molecule has 7 heteroatoms. The van der Waals surface area contributed by atoms with Crippen molar-refractivity contribution in [2.75, 3.05) is 11.5 Å². The number of hydrazine groups is 1. The smallest absolute Gasteiger partial charge is 0.406 e. The summed E-state index contributed by atoms with van der Waals surface area (Å²) < 4.78 is 39.9. The van der Waals surface area contributed by atoms with Gasteiger partial charge in [-0.2, -0.15) is 11.8 Å². The van der Waals surface area contributed by atoms with Gasteiger partial charge >= 0.3 is 6.36 Å². The van der Waals surface area contributed by atoms with E-state index < -0.39 is 6.36 Å². The van der Waals surface area contributed by atoms with Gasteiger partial charge in [-0.3, -0.25) is 11.3 Å². The average molecular weight is 308 g/mol. The van der Waals surface area contributed by atoms with Crippen LogP contribution in [-0.2, 0) is 6.42 Å². The molecular weight excluding hydrogens is 289 g/mol. The van der Waals surface area contributed by atoms with Crippen LogP contribution in [0, 0.1) is 0 Å². The molecule has 3 nitrogen and oxygen atoms in total. The summed E-state index contributed by atoms with van der Waals surface area (Å²) >= 11 is 1.80. The van der Waals surface area contributed by atoms with Gasteiger partial charge in [-0.05, 0) is 36.3 Å². The van der Waals surface area contributed by atoms with Gasteiger partial charge in [0.1, 0.15) is 5.75 Å². The van der Waals surface area contributed by atoms with Gasteiger partial charge in [0.05, 0.1) is 0 Å². The summed E-state index contributed by atoms with van der Waals surface area (Å²) in [7, 11) is 0. The Morgan fingerprint density at radius 2 is 1.95 bits per heavy atom. The van der Waals surface area contributed by atoms with Crippen LogP contribution in [0.2, 0.25) is 0 Å². The quantitative estimate of drug-likeness (QED) is 0.440. The number of hydrogen-bond donors (Lipinski definition) is 2. The fraction of sp³-hybridized carbons (Fsp3) is 0.538. The van der Waals surface area contributed by atoms with Crippen molar-refractivity contribution >= 4 is 11.8 Å². The molecule has 0 bridgehead atoms. The van der Waals surface area contributed by atoms with E-state index in [4.69, 9.17) is 5.84 Å². The SMILES string of the molecule is CCCSCC(Cc1ccc(OC(F)(F)F)cc1)NN. The Hall–Kier alpha value is -0.920. The van der Waals surface area contributed by atoms with E-state index in [1.54, 1.807) is 23.9 Å². The van der Waals surface area contributed by atoms with Crippen LogP contribution in [0.4, 0.5) is 13.2 Å². The van der Waals surface area contributed by atoms with Gasteiger partial charge in [0.25, 0.3) is 0 Å². The van der Waals surface area contributed by atoms with Crippen LogP contribution in [0.15, 0.2) is 24.3 Å². The van der Waals surface area contributed by atoms with Crippen LogP contribution in [-0.4, -0.2) is 23.9 Å². The molecule has 0 heterocycles. The lowest BCUT2D eigenvalue weighted by Crippen LogP contribution is -2.38. The molecule has 20 heavy (non-hydrogen) atoms. The number of hydrogen-bond acceptors (Lipinski definition) is 4. The number of benzene rings is 1.